The summed E-state index contributed by atoms with van der Waals surface area (Å²) in [6.07, 6.45) is 8.50. The zero-order chi connectivity index (χ0) is 9.68. The van der Waals surface area contributed by atoms with Crippen LogP contribution in [-0.4, -0.2) is 16.2 Å². The van der Waals surface area contributed by atoms with Crippen molar-refractivity contribution in [3.63, 3.8) is 0 Å². The average molecular weight is 193 g/mol. The number of rotatable bonds is 3. The Bertz CT molecular complexity index is 335. The first-order chi connectivity index (χ1) is 6.22. The van der Waals surface area contributed by atoms with Crippen molar-refractivity contribution in [2.45, 2.75) is 19.4 Å². The Labute approximate surface area is 81.9 Å². The summed E-state index contributed by atoms with van der Waals surface area (Å²) in [7, 11) is 0. The molecule has 0 saturated heterocycles. The van der Waals surface area contributed by atoms with Crippen LogP contribution < -0.4 is 0 Å². The van der Waals surface area contributed by atoms with Crippen LogP contribution in [0.5, 0.6) is 0 Å². The van der Waals surface area contributed by atoms with Gasteiger partial charge in [-0.05, 0) is 13.0 Å². The minimum atomic E-state index is -0.684. The van der Waals surface area contributed by atoms with Gasteiger partial charge in [0.05, 0.1) is 10.7 Å². The van der Waals surface area contributed by atoms with Crippen LogP contribution in [0.15, 0.2) is 11.5 Å². The minimum absolute atomic E-state index is 0.479. The summed E-state index contributed by atoms with van der Waals surface area (Å²) in [5.41, 5.74) is 0.923. The smallest absolute Gasteiger partial charge is 0.117 e. The normalized spacial score (nSPS) is 13.0. The van der Waals surface area contributed by atoms with Crippen molar-refractivity contribution in [3.05, 3.63) is 22.2 Å². The quantitative estimate of drug-likeness (QED) is 0.743. The summed E-state index contributed by atoms with van der Waals surface area (Å²) in [6.45, 7) is 1.96. The Morgan fingerprint density at radius 1 is 1.85 bits per heavy atom. The standard InChI is InChI=1S/C10H11NOS/c1-3-10(12)6-4-5-9-7-13-8(2)11-9/h1,4-5,7,10,12H,6H2,2H3. The molecule has 0 radical (unpaired) electrons. The molecule has 0 fully saturated rings. The Morgan fingerprint density at radius 2 is 2.62 bits per heavy atom. The fraction of sp³-hybridized carbons (Fsp3) is 0.300. The lowest BCUT2D eigenvalue weighted by Gasteiger charge is -1.94. The van der Waals surface area contributed by atoms with Gasteiger partial charge in [-0.2, -0.15) is 0 Å². The van der Waals surface area contributed by atoms with E-state index in [-0.39, 0.29) is 0 Å². The van der Waals surface area contributed by atoms with Gasteiger partial charge in [0.25, 0.3) is 0 Å². The largest absolute Gasteiger partial charge is 0.380 e. The van der Waals surface area contributed by atoms with Crippen molar-refractivity contribution >= 4 is 17.4 Å². The second kappa shape index (κ2) is 4.80. The molecule has 0 aliphatic carbocycles. The van der Waals surface area contributed by atoms with E-state index in [2.05, 4.69) is 10.9 Å². The van der Waals surface area contributed by atoms with Crippen LogP contribution in [-0.2, 0) is 0 Å². The molecule has 0 aromatic carbocycles. The van der Waals surface area contributed by atoms with E-state index in [4.69, 9.17) is 11.5 Å². The third-order valence-electron chi connectivity index (χ3n) is 1.48. The maximum atomic E-state index is 9.04. The summed E-state index contributed by atoms with van der Waals surface area (Å²) in [5.74, 6) is 2.24. The highest BCUT2D eigenvalue weighted by Crippen LogP contribution is 2.09. The number of aryl methyl sites for hydroxylation is 1. The molecular formula is C10H11NOS. The number of aromatic nitrogens is 1. The fourth-order valence-electron chi connectivity index (χ4n) is 0.842. The van der Waals surface area contributed by atoms with Gasteiger partial charge in [0.1, 0.15) is 6.10 Å². The number of thiazole rings is 1. The van der Waals surface area contributed by atoms with E-state index in [1.807, 2.05) is 24.5 Å². The molecule has 1 heterocycles. The second-order valence-electron chi connectivity index (χ2n) is 2.61. The van der Waals surface area contributed by atoms with E-state index >= 15 is 0 Å². The summed E-state index contributed by atoms with van der Waals surface area (Å²) in [6, 6.07) is 0. The molecule has 3 heteroatoms. The van der Waals surface area contributed by atoms with Crippen LogP contribution >= 0.6 is 11.3 Å². The molecule has 0 bridgehead atoms. The first-order valence-corrected chi connectivity index (χ1v) is 4.83. The van der Waals surface area contributed by atoms with Crippen LogP contribution in [0.1, 0.15) is 17.1 Å². The van der Waals surface area contributed by atoms with Crippen LogP contribution in [0.4, 0.5) is 0 Å². The predicted octanol–water partition coefficient (Wildman–Crippen LogP) is 1.85. The van der Waals surface area contributed by atoms with E-state index < -0.39 is 6.10 Å². The van der Waals surface area contributed by atoms with Gasteiger partial charge < -0.3 is 5.11 Å². The number of nitrogens with zero attached hydrogens (tertiary/aromatic N) is 1. The first kappa shape index (κ1) is 9.97. The van der Waals surface area contributed by atoms with Crippen LogP contribution in [0.2, 0.25) is 0 Å². The Kier molecular flexibility index (Phi) is 3.69. The average Bonchev–Trinajstić information content (AvgIpc) is 2.51. The van der Waals surface area contributed by atoms with Gasteiger partial charge in [-0.25, -0.2) is 4.98 Å². The molecule has 0 saturated carbocycles. The minimum Gasteiger partial charge on any atom is -0.380 e. The molecule has 2 nitrogen and oxygen atoms in total. The van der Waals surface area contributed by atoms with Crippen molar-refractivity contribution in [1.29, 1.82) is 0 Å². The lowest BCUT2D eigenvalue weighted by molar-refractivity contribution is 0.237. The third kappa shape index (κ3) is 3.41. The lowest BCUT2D eigenvalue weighted by Crippen LogP contribution is -1.98. The SMILES string of the molecule is C#CC(O)CC=Cc1csc(C)n1. The summed E-state index contributed by atoms with van der Waals surface area (Å²) in [4.78, 5) is 4.23. The number of hydrogen-bond donors (Lipinski definition) is 1. The molecule has 1 aromatic heterocycles. The van der Waals surface area contributed by atoms with Crippen LogP contribution in [0.25, 0.3) is 6.08 Å². The molecule has 0 spiro atoms. The molecule has 1 rings (SSSR count). The van der Waals surface area contributed by atoms with E-state index in [1.165, 1.54) is 0 Å². The van der Waals surface area contributed by atoms with E-state index in [9.17, 15) is 0 Å². The highest BCUT2D eigenvalue weighted by Gasteiger charge is 1.95. The zero-order valence-electron chi connectivity index (χ0n) is 7.40. The van der Waals surface area contributed by atoms with Gasteiger partial charge in [-0.3, -0.25) is 0 Å². The molecular weight excluding hydrogens is 182 g/mol. The van der Waals surface area contributed by atoms with Crippen molar-refractivity contribution in [2.75, 3.05) is 0 Å². The molecule has 0 amide bonds. The van der Waals surface area contributed by atoms with Crippen molar-refractivity contribution < 1.29 is 5.11 Å². The highest BCUT2D eigenvalue weighted by atomic mass is 32.1. The molecule has 68 valence electrons. The molecule has 13 heavy (non-hydrogen) atoms. The number of hydrogen-bond acceptors (Lipinski definition) is 3. The monoisotopic (exact) mass is 193 g/mol. The number of aliphatic hydroxyl groups is 1. The van der Waals surface area contributed by atoms with Gasteiger partial charge >= 0.3 is 0 Å². The van der Waals surface area contributed by atoms with Crippen LogP contribution in [0.3, 0.4) is 0 Å². The van der Waals surface area contributed by atoms with E-state index in [0.717, 1.165) is 10.7 Å². The maximum absolute atomic E-state index is 9.04. The molecule has 1 N–H and O–H groups in total. The van der Waals surface area contributed by atoms with Gasteiger partial charge in [0.2, 0.25) is 0 Å². The van der Waals surface area contributed by atoms with E-state index in [0.29, 0.717) is 6.42 Å². The topological polar surface area (TPSA) is 33.1 Å². The van der Waals surface area contributed by atoms with E-state index in [1.54, 1.807) is 11.3 Å². The Hall–Kier alpha value is -1.11. The first-order valence-electron chi connectivity index (χ1n) is 3.95. The predicted molar refractivity (Wildman–Crippen MR) is 55.3 cm³/mol. The van der Waals surface area contributed by atoms with Crippen molar-refractivity contribution in [3.8, 4) is 12.3 Å². The molecule has 1 unspecified atom stereocenters. The van der Waals surface area contributed by atoms with Crippen LogP contribution in [0, 0.1) is 19.3 Å². The summed E-state index contributed by atoms with van der Waals surface area (Å²) < 4.78 is 0. The zero-order valence-corrected chi connectivity index (χ0v) is 8.21. The van der Waals surface area contributed by atoms with Gasteiger partial charge in [-0.1, -0.05) is 12.0 Å². The van der Waals surface area contributed by atoms with Crippen molar-refractivity contribution in [2.24, 2.45) is 0 Å². The van der Waals surface area contributed by atoms with Gasteiger partial charge in [0, 0.05) is 11.8 Å². The third-order valence-corrected chi connectivity index (χ3v) is 2.27. The van der Waals surface area contributed by atoms with Gasteiger partial charge in [0.15, 0.2) is 0 Å². The molecule has 0 aliphatic rings. The number of terminal acetylenes is 1. The summed E-state index contributed by atoms with van der Waals surface area (Å²) >= 11 is 1.60. The number of aliphatic hydroxyl groups excluding tert-OH is 1. The molecule has 1 aromatic rings. The van der Waals surface area contributed by atoms with Gasteiger partial charge in [-0.15, -0.1) is 17.8 Å². The second-order valence-corrected chi connectivity index (χ2v) is 3.67. The Morgan fingerprint density at radius 3 is 3.15 bits per heavy atom. The molecule has 0 aliphatic heterocycles. The molecule has 1 atom stereocenters. The van der Waals surface area contributed by atoms with Crippen molar-refractivity contribution in [1.82, 2.24) is 4.98 Å². The Balaban J connectivity index is 2.46. The lowest BCUT2D eigenvalue weighted by atomic mass is 10.2. The highest BCUT2D eigenvalue weighted by molar-refractivity contribution is 7.09. The fourth-order valence-corrected chi connectivity index (χ4v) is 1.42. The maximum Gasteiger partial charge on any atom is 0.117 e. The summed E-state index contributed by atoms with van der Waals surface area (Å²) in [5, 5.41) is 12.0.